The van der Waals surface area contributed by atoms with Crippen molar-refractivity contribution >= 4 is 18.0 Å². The van der Waals surface area contributed by atoms with Gasteiger partial charge in [-0.3, -0.25) is 14.7 Å². The van der Waals surface area contributed by atoms with Crippen molar-refractivity contribution in [2.45, 2.75) is 51.6 Å². The number of nitrogens with zero attached hydrogens (tertiary/aromatic N) is 1. The maximum absolute atomic E-state index is 13.8. The molecule has 1 aromatic heterocycles. The van der Waals surface area contributed by atoms with E-state index in [9.17, 15) is 18.4 Å². The zero-order valence-corrected chi connectivity index (χ0v) is 18.5. The van der Waals surface area contributed by atoms with Gasteiger partial charge in [0.15, 0.2) is 17.4 Å². The van der Waals surface area contributed by atoms with Crippen LogP contribution in [0.5, 0.6) is 0 Å². The molecule has 0 fully saturated rings. The predicted octanol–water partition coefficient (Wildman–Crippen LogP) is 5.09. The van der Waals surface area contributed by atoms with Crippen molar-refractivity contribution in [2.24, 2.45) is 0 Å². The number of nitrogens with one attached hydrogen (secondary N) is 1. The Balaban J connectivity index is 1.86. The highest BCUT2D eigenvalue weighted by Gasteiger charge is 2.43. The third-order valence-corrected chi connectivity index (χ3v) is 6.08. The molecule has 2 aliphatic rings. The summed E-state index contributed by atoms with van der Waals surface area (Å²) >= 11 is 0. The molecule has 32 heavy (non-hydrogen) atoms. The number of allylic oxidation sites excluding steroid dienone is 3. The molecule has 0 saturated carbocycles. The van der Waals surface area contributed by atoms with Crippen molar-refractivity contribution in [3.05, 3.63) is 76.1 Å². The van der Waals surface area contributed by atoms with E-state index in [1.807, 2.05) is 45.1 Å². The molecule has 4 rings (SSSR count). The maximum Gasteiger partial charge on any atom is 0.418 e. The standard InChI is InChI=1S/C25H26F2N2O3/c1-5-32-24(31)29-20-13-19(23(30)15-10-11-17(26)18(27)12-15)28-25(3,4)21(20)16-9-7-6-8-14(2)22(16)29/h6-12,14,19,28H,5,13H2,1-4H3. The van der Waals surface area contributed by atoms with E-state index in [1.165, 1.54) is 6.07 Å². The van der Waals surface area contributed by atoms with Gasteiger partial charge in [-0.15, -0.1) is 0 Å². The zero-order chi connectivity index (χ0) is 23.2. The van der Waals surface area contributed by atoms with E-state index in [2.05, 4.69) is 5.32 Å². The average molecular weight is 440 g/mol. The first-order valence-corrected chi connectivity index (χ1v) is 10.7. The van der Waals surface area contributed by atoms with Gasteiger partial charge in [0.1, 0.15) is 0 Å². The molecule has 1 aliphatic heterocycles. The molecule has 2 aromatic rings. The summed E-state index contributed by atoms with van der Waals surface area (Å²) in [5.74, 6) is -2.49. The monoisotopic (exact) mass is 440 g/mol. The largest absolute Gasteiger partial charge is 0.449 e. The molecule has 0 radical (unpaired) electrons. The number of carbonyl (C=O) groups is 2. The van der Waals surface area contributed by atoms with Crippen LogP contribution in [0, 0.1) is 11.6 Å². The van der Waals surface area contributed by atoms with Crippen LogP contribution in [-0.4, -0.2) is 29.1 Å². The van der Waals surface area contributed by atoms with Gasteiger partial charge < -0.3 is 4.74 Å². The minimum atomic E-state index is -1.07. The lowest BCUT2D eigenvalue weighted by molar-refractivity contribution is 0.0909. The Morgan fingerprint density at radius 3 is 2.66 bits per heavy atom. The van der Waals surface area contributed by atoms with Gasteiger partial charge in [-0.1, -0.05) is 31.2 Å². The second-order valence-corrected chi connectivity index (χ2v) is 8.71. The average Bonchev–Trinajstić information content (AvgIpc) is 2.96. The van der Waals surface area contributed by atoms with E-state index in [0.29, 0.717) is 5.69 Å². The second kappa shape index (κ2) is 8.13. The molecule has 1 aliphatic carbocycles. The summed E-state index contributed by atoms with van der Waals surface area (Å²) < 4.78 is 34.1. The molecular weight excluding hydrogens is 414 g/mol. The lowest BCUT2D eigenvalue weighted by atomic mass is 9.81. The van der Waals surface area contributed by atoms with E-state index < -0.39 is 29.3 Å². The van der Waals surface area contributed by atoms with E-state index >= 15 is 0 Å². The van der Waals surface area contributed by atoms with Crippen LogP contribution in [0.3, 0.4) is 0 Å². The van der Waals surface area contributed by atoms with Crippen LogP contribution >= 0.6 is 0 Å². The van der Waals surface area contributed by atoms with Crippen molar-refractivity contribution in [3.63, 3.8) is 0 Å². The number of ketones is 1. The molecule has 7 heteroatoms. The molecule has 5 nitrogen and oxygen atoms in total. The van der Waals surface area contributed by atoms with Gasteiger partial charge >= 0.3 is 6.09 Å². The van der Waals surface area contributed by atoms with E-state index in [4.69, 9.17) is 4.74 Å². The summed E-state index contributed by atoms with van der Waals surface area (Å²) in [7, 11) is 0. The molecule has 0 bridgehead atoms. The maximum atomic E-state index is 13.8. The van der Waals surface area contributed by atoms with Crippen LogP contribution < -0.4 is 5.32 Å². The Hall–Kier alpha value is -3.06. The number of Topliss-reactive ketones (excluding diaryl/α,β-unsaturated/α-hetero) is 1. The number of hydrogen-bond acceptors (Lipinski definition) is 4. The number of benzene rings is 1. The third kappa shape index (κ3) is 3.60. The fraction of sp³-hybridized carbons (Fsp3) is 0.360. The van der Waals surface area contributed by atoms with E-state index in [1.54, 1.807) is 11.5 Å². The van der Waals surface area contributed by atoms with Gasteiger partial charge in [0.25, 0.3) is 0 Å². The first-order chi connectivity index (χ1) is 15.2. The van der Waals surface area contributed by atoms with E-state index in [-0.39, 0.29) is 30.3 Å². The van der Waals surface area contributed by atoms with Crippen molar-refractivity contribution in [1.29, 1.82) is 0 Å². The summed E-state index contributed by atoms with van der Waals surface area (Å²) in [4.78, 5) is 26.3. The number of hydrogen-bond donors (Lipinski definition) is 1. The summed E-state index contributed by atoms with van der Waals surface area (Å²) in [6, 6.07) is 2.42. The summed E-state index contributed by atoms with van der Waals surface area (Å²) in [5.41, 5.74) is 2.79. The van der Waals surface area contributed by atoms with Gasteiger partial charge in [0.05, 0.1) is 12.6 Å². The minimum Gasteiger partial charge on any atom is -0.449 e. The lowest BCUT2D eigenvalue weighted by Gasteiger charge is -2.38. The van der Waals surface area contributed by atoms with Gasteiger partial charge in [-0.2, -0.15) is 0 Å². The number of fused-ring (bicyclic) bond motifs is 3. The Morgan fingerprint density at radius 2 is 1.97 bits per heavy atom. The Morgan fingerprint density at radius 1 is 1.22 bits per heavy atom. The molecule has 2 unspecified atom stereocenters. The first-order valence-electron chi connectivity index (χ1n) is 10.7. The van der Waals surface area contributed by atoms with Crippen molar-refractivity contribution < 1.29 is 23.1 Å². The minimum absolute atomic E-state index is 0.0499. The summed E-state index contributed by atoms with van der Waals surface area (Å²) in [6.07, 6.45) is 7.60. The number of halogens is 2. The van der Waals surface area contributed by atoms with Crippen molar-refractivity contribution in [3.8, 4) is 0 Å². The molecule has 1 aromatic carbocycles. The summed E-state index contributed by atoms with van der Waals surface area (Å²) in [6.45, 7) is 7.87. The number of ether oxygens (including phenoxy) is 1. The molecule has 2 atom stereocenters. The summed E-state index contributed by atoms with van der Waals surface area (Å²) in [5, 5.41) is 3.37. The van der Waals surface area contributed by atoms with Crippen LogP contribution in [0.25, 0.3) is 6.08 Å². The molecule has 1 N–H and O–H groups in total. The number of aromatic nitrogens is 1. The van der Waals surface area contributed by atoms with Crippen LogP contribution in [0.1, 0.15) is 66.5 Å². The van der Waals surface area contributed by atoms with E-state index in [0.717, 1.165) is 29.0 Å². The highest BCUT2D eigenvalue weighted by Crippen LogP contribution is 2.42. The third-order valence-electron chi connectivity index (χ3n) is 6.08. The smallest absolute Gasteiger partial charge is 0.418 e. The molecule has 2 heterocycles. The van der Waals surface area contributed by atoms with Crippen LogP contribution in [0.15, 0.2) is 36.4 Å². The van der Waals surface area contributed by atoms with Crippen LogP contribution in [-0.2, 0) is 16.7 Å². The molecular formula is C25H26F2N2O3. The second-order valence-electron chi connectivity index (χ2n) is 8.71. The lowest BCUT2D eigenvalue weighted by Crippen LogP contribution is -2.53. The van der Waals surface area contributed by atoms with Crippen molar-refractivity contribution in [2.75, 3.05) is 6.61 Å². The van der Waals surface area contributed by atoms with Gasteiger partial charge in [0.2, 0.25) is 0 Å². The number of carbonyl (C=O) groups excluding carboxylic acids is 2. The Bertz CT molecular complexity index is 1160. The molecule has 0 spiro atoms. The zero-order valence-electron chi connectivity index (χ0n) is 18.5. The van der Waals surface area contributed by atoms with Gasteiger partial charge in [-0.25, -0.2) is 13.6 Å². The molecule has 0 saturated heterocycles. The van der Waals surface area contributed by atoms with Gasteiger partial charge in [-0.05, 0) is 39.0 Å². The highest BCUT2D eigenvalue weighted by atomic mass is 19.2. The Labute approximate surface area is 185 Å². The number of rotatable bonds is 3. The normalized spacial score (nSPS) is 20.9. The highest BCUT2D eigenvalue weighted by molar-refractivity contribution is 6.00. The van der Waals surface area contributed by atoms with Crippen molar-refractivity contribution in [1.82, 2.24) is 9.88 Å². The molecule has 168 valence electrons. The fourth-order valence-corrected chi connectivity index (χ4v) is 4.80. The predicted molar refractivity (Wildman–Crippen MR) is 118 cm³/mol. The molecule has 0 amide bonds. The Kier molecular flexibility index (Phi) is 5.63. The first kappa shape index (κ1) is 22.1. The van der Waals surface area contributed by atoms with Gasteiger partial charge in [0, 0.05) is 46.0 Å². The topological polar surface area (TPSA) is 60.3 Å². The quantitative estimate of drug-likeness (QED) is 0.676. The fourth-order valence-electron chi connectivity index (χ4n) is 4.80. The SMILES string of the molecule is CCOC(=O)n1c2c(c3c1C(C)C=CC=C3)C(C)(C)NC(C(=O)c1ccc(F)c(F)c1)C2. The van der Waals surface area contributed by atoms with Crippen LogP contribution in [0.2, 0.25) is 0 Å². The van der Waals surface area contributed by atoms with Crippen LogP contribution in [0.4, 0.5) is 13.6 Å².